The number of urea groups is 1. The van der Waals surface area contributed by atoms with Crippen molar-refractivity contribution >= 4 is 22.0 Å². The van der Waals surface area contributed by atoms with Crippen LogP contribution in [0.4, 0.5) is 4.79 Å². The zero-order valence-corrected chi connectivity index (χ0v) is 11.9. The van der Waals surface area contributed by atoms with Crippen molar-refractivity contribution in [1.82, 2.24) is 20.2 Å². The van der Waals surface area contributed by atoms with Crippen molar-refractivity contribution in [2.24, 2.45) is 0 Å². The van der Waals surface area contributed by atoms with Gasteiger partial charge in [-0.25, -0.2) is 9.78 Å². The molecule has 100 valence electrons. The molecule has 0 spiro atoms. The van der Waals surface area contributed by atoms with E-state index < -0.39 is 0 Å². The highest BCUT2D eigenvalue weighted by Gasteiger charge is 2.00. The standard InChI is InChI=1S/C13H15BrN4O/c14-12-3-1-11(2-4-12)9-17-13(19)16-6-8-18-7-5-15-10-18/h1-5,7,10H,6,8-9H2,(H2,16,17,19). The summed E-state index contributed by atoms with van der Waals surface area (Å²) in [6.07, 6.45) is 5.30. The van der Waals surface area contributed by atoms with Crippen LogP contribution in [0, 0.1) is 0 Å². The molecule has 2 aromatic rings. The summed E-state index contributed by atoms with van der Waals surface area (Å²) in [6, 6.07) is 7.68. The smallest absolute Gasteiger partial charge is 0.315 e. The van der Waals surface area contributed by atoms with Crippen LogP contribution in [0.25, 0.3) is 0 Å². The van der Waals surface area contributed by atoms with E-state index in [1.165, 1.54) is 0 Å². The summed E-state index contributed by atoms with van der Waals surface area (Å²) in [5.41, 5.74) is 1.06. The molecule has 0 saturated carbocycles. The Labute approximate surface area is 120 Å². The van der Waals surface area contributed by atoms with Crippen molar-refractivity contribution in [3.8, 4) is 0 Å². The number of aromatic nitrogens is 2. The number of imidazole rings is 1. The number of hydrogen-bond acceptors (Lipinski definition) is 2. The molecule has 0 atom stereocenters. The predicted octanol–water partition coefficient (Wildman–Crippen LogP) is 2.14. The molecular weight excluding hydrogens is 308 g/mol. The fourth-order valence-corrected chi connectivity index (χ4v) is 1.83. The minimum atomic E-state index is -0.164. The topological polar surface area (TPSA) is 59.0 Å². The zero-order chi connectivity index (χ0) is 13.5. The number of nitrogens with one attached hydrogen (secondary N) is 2. The number of carbonyl (C=O) groups is 1. The van der Waals surface area contributed by atoms with E-state index >= 15 is 0 Å². The Kier molecular flexibility index (Phi) is 4.97. The zero-order valence-electron chi connectivity index (χ0n) is 10.3. The van der Waals surface area contributed by atoms with Crippen LogP contribution in [-0.4, -0.2) is 22.1 Å². The molecule has 2 amide bonds. The van der Waals surface area contributed by atoms with Gasteiger partial charge in [0.05, 0.1) is 6.33 Å². The lowest BCUT2D eigenvalue weighted by atomic mass is 10.2. The maximum Gasteiger partial charge on any atom is 0.315 e. The molecule has 0 bridgehead atoms. The molecule has 2 N–H and O–H groups in total. The fraction of sp³-hybridized carbons (Fsp3) is 0.231. The van der Waals surface area contributed by atoms with E-state index in [4.69, 9.17) is 0 Å². The van der Waals surface area contributed by atoms with Crippen molar-refractivity contribution < 1.29 is 4.79 Å². The summed E-state index contributed by atoms with van der Waals surface area (Å²) in [6.45, 7) is 1.80. The van der Waals surface area contributed by atoms with Crippen LogP contribution in [0.1, 0.15) is 5.56 Å². The molecule has 0 saturated heterocycles. The maximum absolute atomic E-state index is 11.6. The van der Waals surface area contributed by atoms with Crippen LogP contribution in [0.15, 0.2) is 47.5 Å². The first-order valence-corrected chi connectivity index (χ1v) is 6.75. The Bertz CT molecular complexity index is 510. The second-order valence-electron chi connectivity index (χ2n) is 4.04. The highest BCUT2D eigenvalue weighted by Crippen LogP contribution is 2.09. The van der Waals surface area contributed by atoms with Crippen molar-refractivity contribution in [1.29, 1.82) is 0 Å². The van der Waals surface area contributed by atoms with Crippen molar-refractivity contribution in [3.63, 3.8) is 0 Å². The Morgan fingerprint density at radius 1 is 1.26 bits per heavy atom. The van der Waals surface area contributed by atoms with Crippen molar-refractivity contribution in [3.05, 3.63) is 53.0 Å². The van der Waals surface area contributed by atoms with Crippen molar-refractivity contribution in [2.75, 3.05) is 6.54 Å². The van der Waals surface area contributed by atoms with E-state index in [1.54, 1.807) is 12.5 Å². The van der Waals surface area contributed by atoms with Gasteiger partial charge in [-0.2, -0.15) is 0 Å². The fourth-order valence-electron chi connectivity index (χ4n) is 1.56. The summed E-state index contributed by atoms with van der Waals surface area (Å²) in [7, 11) is 0. The first kappa shape index (κ1) is 13.6. The number of benzene rings is 1. The number of amides is 2. The molecule has 0 aliphatic heterocycles. The monoisotopic (exact) mass is 322 g/mol. The third kappa shape index (κ3) is 4.75. The highest BCUT2D eigenvalue weighted by molar-refractivity contribution is 9.10. The molecule has 2 rings (SSSR count). The quantitative estimate of drug-likeness (QED) is 0.886. The summed E-state index contributed by atoms with van der Waals surface area (Å²) in [5, 5.41) is 5.60. The van der Waals surface area contributed by atoms with Crippen LogP contribution < -0.4 is 10.6 Å². The largest absolute Gasteiger partial charge is 0.336 e. The number of nitrogens with zero attached hydrogens (tertiary/aromatic N) is 2. The van der Waals surface area contributed by atoms with E-state index in [9.17, 15) is 4.79 Å². The van der Waals surface area contributed by atoms with Gasteiger partial charge in [-0.3, -0.25) is 0 Å². The Morgan fingerprint density at radius 3 is 2.74 bits per heavy atom. The lowest BCUT2D eigenvalue weighted by molar-refractivity contribution is 0.240. The van der Waals surface area contributed by atoms with Crippen molar-refractivity contribution in [2.45, 2.75) is 13.1 Å². The summed E-state index contributed by atoms with van der Waals surface area (Å²) in [4.78, 5) is 15.5. The highest BCUT2D eigenvalue weighted by atomic mass is 79.9. The lowest BCUT2D eigenvalue weighted by Gasteiger charge is -2.08. The van der Waals surface area contributed by atoms with Gasteiger partial charge in [0.1, 0.15) is 0 Å². The molecule has 1 aromatic heterocycles. The van der Waals surface area contributed by atoms with E-state index in [0.717, 1.165) is 10.0 Å². The third-order valence-corrected chi connectivity index (χ3v) is 3.11. The lowest BCUT2D eigenvalue weighted by Crippen LogP contribution is -2.36. The molecule has 6 heteroatoms. The van der Waals surface area contributed by atoms with Crippen LogP contribution in [0.5, 0.6) is 0 Å². The second kappa shape index (κ2) is 6.94. The summed E-state index contributed by atoms with van der Waals surface area (Å²) < 4.78 is 2.94. The summed E-state index contributed by atoms with van der Waals surface area (Å²) >= 11 is 3.37. The molecule has 0 unspecified atom stereocenters. The van der Waals surface area contributed by atoms with E-state index in [2.05, 4.69) is 31.5 Å². The average molecular weight is 323 g/mol. The van der Waals surface area contributed by atoms with Gasteiger partial charge in [0.15, 0.2) is 0 Å². The van der Waals surface area contributed by atoms with Gasteiger partial charge in [-0.1, -0.05) is 28.1 Å². The number of carbonyl (C=O) groups excluding carboxylic acids is 1. The minimum Gasteiger partial charge on any atom is -0.336 e. The molecule has 1 heterocycles. The first-order chi connectivity index (χ1) is 9.24. The van der Waals surface area contributed by atoms with Crippen LogP contribution in [-0.2, 0) is 13.1 Å². The molecule has 0 fully saturated rings. The third-order valence-electron chi connectivity index (χ3n) is 2.58. The van der Waals surface area contributed by atoms with Gasteiger partial charge in [0, 0.05) is 36.5 Å². The van der Waals surface area contributed by atoms with Crippen LogP contribution >= 0.6 is 15.9 Å². The molecule has 0 aliphatic rings. The predicted molar refractivity (Wildman–Crippen MR) is 76.6 cm³/mol. The number of rotatable bonds is 5. The van der Waals surface area contributed by atoms with Gasteiger partial charge in [-0.05, 0) is 17.7 Å². The molecule has 0 aliphatic carbocycles. The van der Waals surface area contributed by atoms with E-state index in [1.807, 2.05) is 35.0 Å². The molecular formula is C13H15BrN4O. The maximum atomic E-state index is 11.6. The first-order valence-electron chi connectivity index (χ1n) is 5.96. The van der Waals surface area contributed by atoms with Gasteiger partial charge < -0.3 is 15.2 Å². The molecule has 1 aromatic carbocycles. The molecule has 0 radical (unpaired) electrons. The summed E-state index contributed by atoms with van der Waals surface area (Å²) in [5.74, 6) is 0. The second-order valence-corrected chi connectivity index (χ2v) is 4.95. The van der Waals surface area contributed by atoms with Gasteiger partial charge in [0.25, 0.3) is 0 Å². The average Bonchev–Trinajstić information content (AvgIpc) is 2.91. The Morgan fingerprint density at radius 2 is 2.05 bits per heavy atom. The Balaban J connectivity index is 1.65. The van der Waals surface area contributed by atoms with Gasteiger partial charge in [-0.15, -0.1) is 0 Å². The minimum absolute atomic E-state index is 0.164. The van der Waals surface area contributed by atoms with E-state index in [-0.39, 0.29) is 6.03 Å². The van der Waals surface area contributed by atoms with Crippen LogP contribution in [0.2, 0.25) is 0 Å². The number of hydrogen-bond donors (Lipinski definition) is 2. The van der Waals surface area contributed by atoms with Gasteiger partial charge >= 0.3 is 6.03 Å². The number of halogens is 1. The SMILES string of the molecule is O=C(NCCn1ccnc1)NCc1ccc(Br)cc1. The molecule has 19 heavy (non-hydrogen) atoms. The van der Waals surface area contributed by atoms with E-state index in [0.29, 0.717) is 19.6 Å². The molecule has 5 nitrogen and oxygen atoms in total. The Hall–Kier alpha value is -1.82. The van der Waals surface area contributed by atoms with Crippen LogP contribution in [0.3, 0.4) is 0 Å². The normalized spacial score (nSPS) is 10.2. The van der Waals surface area contributed by atoms with Gasteiger partial charge in [0.2, 0.25) is 0 Å².